The van der Waals surface area contributed by atoms with Crippen molar-refractivity contribution in [3.8, 4) is 0 Å². The summed E-state index contributed by atoms with van der Waals surface area (Å²) in [7, 11) is 1.63. The van der Waals surface area contributed by atoms with Crippen molar-refractivity contribution in [1.82, 2.24) is 14.5 Å². The number of aromatic amines is 1. The van der Waals surface area contributed by atoms with Crippen molar-refractivity contribution in [2.24, 2.45) is 7.05 Å². The molecular weight excluding hydrogens is 186 g/mol. The highest BCUT2D eigenvalue weighted by Crippen LogP contribution is 2.00. The molecule has 0 aliphatic rings. The van der Waals surface area contributed by atoms with Crippen LogP contribution in [-0.2, 0) is 7.05 Å². The Hall–Kier alpha value is -1.49. The van der Waals surface area contributed by atoms with Crippen molar-refractivity contribution in [3.63, 3.8) is 0 Å². The van der Waals surface area contributed by atoms with Gasteiger partial charge in [0, 0.05) is 13.2 Å². The number of pyridine rings is 1. The SMILES string of the molecule is Cn1c(=S)[nH]c2ncccc2c1=O. The Kier molecular flexibility index (Phi) is 1.73. The summed E-state index contributed by atoms with van der Waals surface area (Å²) in [6, 6.07) is 3.44. The molecule has 0 aliphatic heterocycles. The Labute approximate surface area is 78.9 Å². The van der Waals surface area contributed by atoms with E-state index in [2.05, 4.69) is 9.97 Å². The summed E-state index contributed by atoms with van der Waals surface area (Å²) < 4.78 is 1.77. The average molecular weight is 193 g/mol. The van der Waals surface area contributed by atoms with E-state index in [9.17, 15) is 4.79 Å². The van der Waals surface area contributed by atoms with Crippen LogP contribution >= 0.6 is 12.2 Å². The number of nitrogens with zero attached hydrogens (tertiary/aromatic N) is 2. The molecule has 0 saturated heterocycles. The molecule has 13 heavy (non-hydrogen) atoms. The number of fused-ring (bicyclic) bond motifs is 1. The third kappa shape index (κ3) is 1.17. The minimum atomic E-state index is -0.119. The van der Waals surface area contributed by atoms with E-state index in [-0.39, 0.29) is 5.56 Å². The lowest BCUT2D eigenvalue weighted by atomic mass is 10.3. The van der Waals surface area contributed by atoms with Gasteiger partial charge in [-0.05, 0) is 24.4 Å². The van der Waals surface area contributed by atoms with Gasteiger partial charge in [0.25, 0.3) is 5.56 Å². The van der Waals surface area contributed by atoms with Crippen LogP contribution in [0.5, 0.6) is 0 Å². The molecule has 66 valence electrons. The van der Waals surface area contributed by atoms with Crippen LogP contribution in [0.3, 0.4) is 0 Å². The molecule has 0 spiro atoms. The van der Waals surface area contributed by atoms with Crippen LogP contribution in [0.1, 0.15) is 0 Å². The van der Waals surface area contributed by atoms with E-state index in [1.54, 1.807) is 25.4 Å². The third-order valence-electron chi connectivity index (χ3n) is 1.87. The van der Waals surface area contributed by atoms with Crippen LogP contribution in [0.4, 0.5) is 0 Å². The molecule has 2 aromatic heterocycles. The van der Waals surface area contributed by atoms with Gasteiger partial charge in [0.15, 0.2) is 4.77 Å². The number of aromatic nitrogens is 3. The van der Waals surface area contributed by atoms with Gasteiger partial charge in [-0.1, -0.05) is 0 Å². The van der Waals surface area contributed by atoms with Crippen LogP contribution in [0.25, 0.3) is 11.0 Å². The van der Waals surface area contributed by atoms with Crippen molar-refractivity contribution in [3.05, 3.63) is 33.5 Å². The molecule has 0 saturated carbocycles. The van der Waals surface area contributed by atoms with E-state index in [1.807, 2.05) is 0 Å². The van der Waals surface area contributed by atoms with E-state index in [1.165, 1.54) is 4.57 Å². The maximum absolute atomic E-state index is 11.6. The molecule has 1 N–H and O–H groups in total. The predicted octanol–water partition coefficient (Wildman–Crippen LogP) is 0.991. The average Bonchev–Trinajstić information content (AvgIpc) is 2.15. The highest BCUT2D eigenvalue weighted by atomic mass is 32.1. The normalized spacial score (nSPS) is 10.5. The Morgan fingerprint density at radius 3 is 3.15 bits per heavy atom. The lowest BCUT2D eigenvalue weighted by molar-refractivity contribution is 0.821. The topological polar surface area (TPSA) is 50.7 Å². The molecule has 2 heterocycles. The van der Waals surface area contributed by atoms with E-state index < -0.39 is 0 Å². The molecule has 0 radical (unpaired) electrons. The molecule has 0 amide bonds. The largest absolute Gasteiger partial charge is 0.316 e. The summed E-state index contributed by atoms with van der Waals surface area (Å²) in [6.45, 7) is 0. The Bertz CT molecular complexity index is 569. The minimum absolute atomic E-state index is 0.119. The molecule has 0 fully saturated rings. The van der Waals surface area contributed by atoms with Gasteiger partial charge in [0.1, 0.15) is 5.65 Å². The van der Waals surface area contributed by atoms with Gasteiger partial charge in [0.2, 0.25) is 0 Å². The minimum Gasteiger partial charge on any atom is -0.316 e. The second-order valence-corrected chi connectivity index (χ2v) is 3.08. The zero-order valence-corrected chi connectivity index (χ0v) is 7.76. The molecule has 4 nitrogen and oxygen atoms in total. The van der Waals surface area contributed by atoms with Gasteiger partial charge < -0.3 is 4.98 Å². The monoisotopic (exact) mass is 193 g/mol. The highest BCUT2D eigenvalue weighted by Gasteiger charge is 2.00. The fourth-order valence-corrected chi connectivity index (χ4v) is 1.32. The van der Waals surface area contributed by atoms with Crippen molar-refractivity contribution < 1.29 is 0 Å². The number of hydrogen-bond donors (Lipinski definition) is 1. The van der Waals surface area contributed by atoms with Gasteiger partial charge in [0.05, 0.1) is 5.39 Å². The second-order valence-electron chi connectivity index (χ2n) is 2.69. The highest BCUT2D eigenvalue weighted by molar-refractivity contribution is 7.71. The summed E-state index contributed by atoms with van der Waals surface area (Å²) in [5.74, 6) is 0. The van der Waals surface area contributed by atoms with Gasteiger partial charge in [-0.15, -0.1) is 0 Å². The summed E-state index contributed by atoms with van der Waals surface area (Å²) in [5.41, 5.74) is 0.419. The first-order valence-electron chi connectivity index (χ1n) is 3.74. The second kappa shape index (κ2) is 2.77. The fourth-order valence-electron chi connectivity index (χ4n) is 1.14. The molecule has 0 aromatic carbocycles. The van der Waals surface area contributed by atoms with Crippen LogP contribution in [0.15, 0.2) is 23.1 Å². The number of rotatable bonds is 0. The Morgan fingerprint density at radius 2 is 2.38 bits per heavy atom. The summed E-state index contributed by atoms with van der Waals surface area (Å²) in [4.78, 5) is 18.5. The molecule has 2 aromatic rings. The quantitative estimate of drug-likeness (QED) is 0.635. The molecule has 0 atom stereocenters. The van der Waals surface area contributed by atoms with Crippen LogP contribution in [-0.4, -0.2) is 14.5 Å². The lowest BCUT2D eigenvalue weighted by Crippen LogP contribution is -2.18. The van der Waals surface area contributed by atoms with E-state index in [0.29, 0.717) is 15.8 Å². The first kappa shape index (κ1) is 8.12. The van der Waals surface area contributed by atoms with Crippen molar-refractivity contribution in [2.75, 3.05) is 0 Å². The number of H-pyrrole nitrogens is 1. The van der Waals surface area contributed by atoms with Crippen molar-refractivity contribution >= 4 is 23.3 Å². The van der Waals surface area contributed by atoms with E-state index >= 15 is 0 Å². The zero-order valence-electron chi connectivity index (χ0n) is 6.94. The van der Waals surface area contributed by atoms with Crippen LogP contribution in [0.2, 0.25) is 0 Å². The third-order valence-corrected chi connectivity index (χ3v) is 2.25. The summed E-state index contributed by atoms with van der Waals surface area (Å²) >= 11 is 4.94. The van der Waals surface area contributed by atoms with Crippen molar-refractivity contribution in [2.45, 2.75) is 0 Å². The van der Waals surface area contributed by atoms with Gasteiger partial charge in [-0.25, -0.2) is 4.98 Å². The fraction of sp³-hybridized carbons (Fsp3) is 0.125. The molecule has 5 heteroatoms. The summed E-state index contributed by atoms with van der Waals surface area (Å²) in [6.07, 6.45) is 1.62. The number of hydrogen-bond acceptors (Lipinski definition) is 3. The van der Waals surface area contributed by atoms with Gasteiger partial charge in [-0.2, -0.15) is 0 Å². The lowest BCUT2D eigenvalue weighted by Gasteiger charge is -1.99. The maximum Gasteiger partial charge on any atom is 0.263 e. The Balaban J connectivity index is 3.12. The standard InChI is InChI=1S/C8H7N3OS/c1-11-7(12)5-3-2-4-9-6(5)10-8(11)13/h2-4H,1H3,(H,9,10,13). The van der Waals surface area contributed by atoms with Gasteiger partial charge >= 0.3 is 0 Å². The predicted molar refractivity (Wildman–Crippen MR) is 52.2 cm³/mol. The molecule has 0 unspecified atom stereocenters. The smallest absolute Gasteiger partial charge is 0.263 e. The van der Waals surface area contributed by atoms with Crippen LogP contribution in [0, 0.1) is 4.77 Å². The Morgan fingerprint density at radius 1 is 1.62 bits per heavy atom. The van der Waals surface area contributed by atoms with Gasteiger partial charge in [-0.3, -0.25) is 9.36 Å². The molecule has 0 aliphatic carbocycles. The zero-order chi connectivity index (χ0) is 9.42. The molecule has 2 rings (SSSR count). The maximum atomic E-state index is 11.6. The molecule has 0 bridgehead atoms. The first-order chi connectivity index (χ1) is 6.20. The molecular formula is C8H7N3OS. The summed E-state index contributed by atoms with van der Waals surface area (Å²) in [5, 5.41) is 0.554. The van der Waals surface area contributed by atoms with E-state index in [0.717, 1.165) is 0 Å². The first-order valence-corrected chi connectivity index (χ1v) is 4.15. The van der Waals surface area contributed by atoms with E-state index in [4.69, 9.17) is 12.2 Å². The van der Waals surface area contributed by atoms with Crippen molar-refractivity contribution in [1.29, 1.82) is 0 Å². The van der Waals surface area contributed by atoms with Crippen LogP contribution < -0.4 is 5.56 Å². The number of nitrogens with one attached hydrogen (secondary N) is 1.